The van der Waals surface area contributed by atoms with Gasteiger partial charge in [0.2, 0.25) is 0 Å². The molecule has 1 fully saturated rings. The third-order valence-electron chi connectivity index (χ3n) is 2.55. The predicted molar refractivity (Wildman–Crippen MR) is 86.3 cm³/mol. The number of likely N-dealkylation sites (tertiary alicyclic amines) is 1. The first-order valence-electron chi connectivity index (χ1n) is 6.86. The number of nitrogens with two attached hydrogens (primary N) is 1. The number of carbonyl (C=O) groups excluding carboxylic acids is 1. The van der Waals surface area contributed by atoms with Gasteiger partial charge in [-0.3, -0.25) is 0 Å². The van der Waals surface area contributed by atoms with Crippen molar-refractivity contribution in [2.24, 2.45) is 5.73 Å². The van der Waals surface area contributed by atoms with Crippen LogP contribution in [0.2, 0.25) is 0 Å². The van der Waals surface area contributed by atoms with Crippen LogP contribution in [-0.2, 0) is 4.74 Å². The molecule has 1 saturated heterocycles. The maximum atomic E-state index is 11.7. The van der Waals surface area contributed by atoms with Crippen LogP contribution in [-0.4, -0.2) is 35.9 Å². The van der Waals surface area contributed by atoms with Crippen molar-refractivity contribution in [1.82, 2.24) is 4.90 Å². The topological polar surface area (TPSA) is 79.4 Å². The van der Waals surface area contributed by atoms with Gasteiger partial charge in [0.15, 0.2) is 0 Å². The van der Waals surface area contributed by atoms with Gasteiger partial charge < -0.3 is 20.8 Å². The second-order valence-corrected chi connectivity index (χ2v) is 6.49. The van der Waals surface area contributed by atoms with Crippen molar-refractivity contribution < 1.29 is 9.53 Å². The third-order valence-corrected chi connectivity index (χ3v) is 3.05. The molecule has 0 radical (unpaired) electrons. The van der Waals surface area contributed by atoms with Crippen LogP contribution in [0, 0.1) is 5.41 Å². The molecule has 20 heavy (non-hydrogen) atoms. The molecule has 0 spiro atoms. The Labute approximate surface area is 130 Å². The molecule has 0 bridgehead atoms. The molecule has 116 valence electrons. The molecule has 1 aliphatic rings. The Morgan fingerprint density at radius 1 is 1.25 bits per heavy atom. The zero-order chi connectivity index (χ0) is 15.6. The Bertz CT molecular complexity index is 330. The van der Waals surface area contributed by atoms with Crippen molar-refractivity contribution in [3.8, 4) is 0 Å². The van der Waals surface area contributed by atoms with E-state index in [9.17, 15) is 4.79 Å². The first-order chi connectivity index (χ1) is 9.30. The van der Waals surface area contributed by atoms with Crippen molar-refractivity contribution in [1.29, 1.82) is 5.41 Å². The van der Waals surface area contributed by atoms with Gasteiger partial charge in [0.1, 0.15) is 5.60 Å². The zero-order valence-electron chi connectivity index (χ0n) is 12.6. The molecular formula is C14H26BrN3O2. The molecule has 5 nitrogen and oxygen atoms in total. The van der Waals surface area contributed by atoms with Gasteiger partial charge in [0.25, 0.3) is 0 Å². The third kappa shape index (κ3) is 9.83. The summed E-state index contributed by atoms with van der Waals surface area (Å²) in [7, 11) is 0. The van der Waals surface area contributed by atoms with Gasteiger partial charge in [0.05, 0.1) is 4.48 Å². The van der Waals surface area contributed by atoms with Gasteiger partial charge in [0, 0.05) is 25.5 Å². The van der Waals surface area contributed by atoms with E-state index in [0.29, 0.717) is 4.48 Å². The summed E-state index contributed by atoms with van der Waals surface area (Å²) in [6.45, 7) is 7.43. The highest BCUT2D eigenvalue weighted by atomic mass is 79.9. The van der Waals surface area contributed by atoms with Crippen LogP contribution >= 0.6 is 15.9 Å². The fourth-order valence-corrected chi connectivity index (χ4v) is 1.63. The number of amides is 1. The van der Waals surface area contributed by atoms with Crippen molar-refractivity contribution >= 4 is 28.2 Å². The SMILES string of the molecule is CC(C)(C)OC(=O)N1CCCCCC1.N=C/C(Br)=C\N. The Morgan fingerprint density at radius 2 is 1.75 bits per heavy atom. The van der Waals surface area contributed by atoms with Crippen molar-refractivity contribution in [2.45, 2.75) is 52.1 Å². The molecule has 0 unspecified atom stereocenters. The lowest BCUT2D eigenvalue weighted by molar-refractivity contribution is 0.0257. The van der Waals surface area contributed by atoms with E-state index in [0.717, 1.165) is 32.1 Å². The summed E-state index contributed by atoms with van der Waals surface area (Å²) < 4.78 is 5.92. The molecule has 1 rings (SSSR count). The quantitative estimate of drug-likeness (QED) is 0.710. The lowest BCUT2D eigenvalue weighted by Gasteiger charge is -2.26. The van der Waals surface area contributed by atoms with Crippen LogP contribution in [0.1, 0.15) is 46.5 Å². The number of halogens is 1. The van der Waals surface area contributed by atoms with Gasteiger partial charge in [-0.1, -0.05) is 12.8 Å². The van der Waals surface area contributed by atoms with Crippen molar-refractivity contribution in [3.05, 3.63) is 10.7 Å². The average Bonchev–Trinajstić information content (AvgIpc) is 2.65. The summed E-state index contributed by atoms with van der Waals surface area (Å²) in [5.74, 6) is 0. The smallest absolute Gasteiger partial charge is 0.410 e. The second kappa shape index (κ2) is 9.80. The standard InChI is InChI=1S/C11H21NO2.C3H5BrN2/c1-11(2,3)14-10(13)12-8-6-4-5-7-9-12;4-3(1-5)2-6/h4-9H2,1-3H3;1-2,5H,6H2/b;3-2+,5-1?. The molecule has 0 aromatic carbocycles. The summed E-state index contributed by atoms with van der Waals surface area (Å²) in [6.07, 6.45) is 6.98. The van der Waals surface area contributed by atoms with Crippen LogP contribution in [0.4, 0.5) is 4.79 Å². The fourth-order valence-electron chi connectivity index (χ4n) is 1.63. The number of ether oxygens (including phenoxy) is 1. The minimum Gasteiger partial charge on any atom is -0.444 e. The van der Waals surface area contributed by atoms with Crippen molar-refractivity contribution in [2.75, 3.05) is 13.1 Å². The van der Waals surface area contributed by atoms with Gasteiger partial charge in [-0.25, -0.2) is 4.79 Å². The van der Waals surface area contributed by atoms with E-state index in [2.05, 4.69) is 15.9 Å². The maximum absolute atomic E-state index is 11.7. The second-order valence-electron chi connectivity index (χ2n) is 5.58. The van der Waals surface area contributed by atoms with E-state index in [1.807, 2.05) is 25.7 Å². The fraction of sp³-hybridized carbons (Fsp3) is 0.714. The number of hydrogen-bond acceptors (Lipinski definition) is 4. The average molecular weight is 348 g/mol. The summed E-state index contributed by atoms with van der Waals surface area (Å²) in [5, 5.41) is 6.49. The zero-order valence-corrected chi connectivity index (χ0v) is 14.2. The predicted octanol–water partition coefficient (Wildman–Crippen LogP) is 3.63. The van der Waals surface area contributed by atoms with E-state index >= 15 is 0 Å². The lowest BCUT2D eigenvalue weighted by Crippen LogP contribution is -2.37. The van der Waals surface area contributed by atoms with Crippen LogP contribution in [0.3, 0.4) is 0 Å². The molecule has 0 saturated carbocycles. The van der Waals surface area contributed by atoms with Crippen LogP contribution in [0.15, 0.2) is 10.7 Å². The van der Waals surface area contributed by atoms with Crippen LogP contribution in [0.5, 0.6) is 0 Å². The van der Waals surface area contributed by atoms with E-state index < -0.39 is 0 Å². The highest BCUT2D eigenvalue weighted by Crippen LogP contribution is 2.14. The normalized spacial score (nSPS) is 16.6. The Kier molecular flexibility index (Phi) is 9.29. The van der Waals surface area contributed by atoms with E-state index in [1.54, 1.807) is 0 Å². The molecule has 0 atom stereocenters. The Morgan fingerprint density at radius 3 is 2.05 bits per heavy atom. The number of rotatable bonds is 1. The Balaban J connectivity index is 0.000000511. The minimum absolute atomic E-state index is 0.153. The monoisotopic (exact) mass is 347 g/mol. The molecule has 1 aliphatic heterocycles. The number of hydrogen-bond donors (Lipinski definition) is 2. The van der Waals surface area contributed by atoms with Gasteiger partial charge in [-0.2, -0.15) is 0 Å². The molecule has 1 heterocycles. The summed E-state index contributed by atoms with van der Waals surface area (Å²) >= 11 is 2.97. The highest BCUT2D eigenvalue weighted by Gasteiger charge is 2.22. The van der Waals surface area contributed by atoms with E-state index in [1.165, 1.54) is 19.0 Å². The van der Waals surface area contributed by atoms with Crippen molar-refractivity contribution in [3.63, 3.8) is 0 Å². The lowest BCUT2D eigenvalue weighted by atomic mass is 10.2. The first-order valence-corrected chi connectivity index (χ1v) is 7.65. The van der Waals surface area contributed by atoms with Gasteiger partial charge in [-0.05, 0) is 49.5 Å². The molecular weight excluding hydrogens is 322 g/mol. The minimum atomic E-state index is -0.372. The first kappa shape index (κ1) is 19.0. The van der Waals surface area contributed by atoms with Gasteiger partial charge >= 0.3 is 6.09 Å². The molecule has 6 heteroatoms. The summed E-state index contributed by atoms with van der Waals surface area (Å²) in [6, 6.07) is 0. The van der Waals surface area contributed by atoms with E-state index in [-0.39, 0.29) is 11.7 Å². The Hall–Kier alpha value is -1.04. The van der Waals surface area contributed by atoms with Crippen LogP contribution in [0.25, 0.3) is 0 Å². The molecule has 1 amide bonds. The molecule has 0 aromatic heterocycles. The molecule has 0 aromatic rings. The van der Waals surface area contributed by atoms with E-state index in [4.69, 9.17) is 15.9 Å². The van der Waals surface area contributed by atoms with Gasteiger partial charge in [-0.15, -0.1) is 0 Å². The van der Waals surface area contributed by atoms with Crippen LogP contribution < -0.4 is 5.73 Å². The highest BCUT2D eigenvalue weighted by molar-refractivity contribution is 9.12. The largest absolute Gasteiger partial charge is 0.444 e. The summed E-state index contributed by atoms with van der Waals surface area (Å²) in [4.78, 5) is 13.5. The molecule has 0 aliphatic carbocycles. The summed E-state index contributed by atoms with van der Waals surface area (Å²) in [5.41, 5.74) is 4.55. The number of carbonyl (C=O) groups is 1. The number of nitrogens with one attached hydrogen (secondary N) is 1. The number of allylic oxidation sites excluding steroid dienone is 1. The number of nitrogens with zero attached hydrogens (tertiary/aromatic N) is 1. The maximum Gasteiger partial charge on any atom is 0.410 e. The molecule has 3 N–H and O–H groups in total.